The number of halogens is 1. The molecule has 2 rings (SSSR count). The number of benzene rings is 1. The number of nitrogens with one attached hydrogen (secondary N) is 1. The predicted molar refractivity (Wildman–Crippen MR) is 72.9 cm³/mol. The molecule has 1 heterocycles. The van der Waals surface area contributed by atoms with Crippen molar-refractivity contribution in [2.24, 2.45) is 0 Å². The molecule has 1 unspecified atom stereocenters. The van der Waals surface area contributed by atoms with Crippen LogP contribution < -0.4 is 5.32 Å². The summed E-state index contributed by atoms with van der Waals surface area (Å²) in [5.74, 6) is 0. The van der Waals surface area contributed by atoms with E-state index in [0.717, 1.165) is 11.0 Å². The Kier molecular flexibility index (Phi) is 3.97. The third-order valence-electron chi connectivity index (χ3n) is 2.84. The Balaban J connectivity index is 2.08. The molecule has 1 N–H and O–H groups in total. The number of aromatic nitrogens is 2. The number of nitrogens with zero attached hydrogens (tertiary/aromatic N) is 2. The Morgan fingerprint density at radius 2 is 2.06 bits per heavy atom. The second-order valence-electron chi connectivity index (χ2n) is 4.11. The van der Waals surface area contributed by atoms with Crippen LogP contribution in [0.25, 0.3) is 0 Å². The molecular weight excluding hydrogens is 278 g/mol. The zero-order chi connectivity index (χ0) is 12.3. The minimum atomic E-state index is 0.341. The van der Waals surface area contributed by atoms with Gasteiger partial charge in [-0.3, -0.25) is 4.68 Å². The van der Waals surface area contributed by atoms with Gasteiger partial charge in [-0.05, 0) is 31.7 Å². The monoisotopic (exact) mass is 293 g/mol. The SMILES string of the molecule is CNC(C)c1cnn(Cc2ccc(Br)cc2)c1. The topological polar surface area (TPSA) is 29.9 Å². The third-order valence-corrected chi connectivity index (χ3v) is 3.37. The fourth-order valence-electron chi connectivity index (χ4n) is 1.63. The highest BCUT2D eigenvalue weighted by atomic mass is 79.9. The van der Waals surface area contributed by atoms with Crippen LogP contribution >= 0.6 is 15.9 Å². The van der Waals surface area contributed by atoms with E-state index < -0.39 is 0 Å². The maximum absolute atomic E-state index is 4.37. The van der Waals surface area contributed by atoms with Gasteiger partial charge in [-0.1, -0.05) is 28.1 Å². The van der Waals surface area contributed by atoms with Crippen molar-refractivity contribution in [3.05, 3.63) is 52.3 Å². The maximum atomic E-state index is 4.37. The highest BCUT2D eigenvalue weighted by Gasteiger charge is 2.05. The van der Waals surface area contributed by atoms with Crippen LogP contribution in [-0.4, -0.2) is 16.8 Å². The normalized spacial score (nSPS) is 12.6. The van der Waals surface area contributed by atoms with E-state index in [4.69, 9.17) is 0 Å². The van der Waals surface area contributed by atoms with E-state index >= 15 is 0 Å². The first kappa shape index (κ1) is 12.3. The molecule has 0 fully saturated rings. The second-order valence-corrected chi connectivity index (χ2v) is 5.02. The van der Waals surface area contributed by atoms with Gasteiger partial charge in [-0.25, -0.2) is 0 Å². The molecule has 0 saturated heterocycles. The van der Waals surface area contributed by atoms with Crippen molar-refractivity contribution in [3.8, 4) is 0 Å². The first-order valence-electron chi connectivity index (χ1n) is 5.63. The zero-order valence-corrected chi connectivity index (χ0v) is 11.6. The van der Waals surface area contributed by atoms with E-state index in [1.54, 1.807) is 0 Å². The lowest BCUT2D eigenvalue weighted by atomic mass is 10.2. The van der Waals surface area contributed by atoms with Gasteiger partial charge >= 0.3 is 0 Å². The standard InChI is InChI=1S/C13H16BrN3/c1-10(15-2)12-7-16-17(9-12)8-11-3-5-13(14)6-4-11/h3-7,9-10,15H,8H2,1-2H3. The molecule has 0 radical (unpaired) electrons. The Morgan fingerprint density at radius 3 is 2.71 bits per heavy atom. The molecule has 0 aliphatic rings. The molecule has 0 saturated carbocycles. The van der Waals surface area contributed by atoms with Gasteiger partial charge in [0, 0.05) is 22.3 Å². The van der Waals surface area contributed by atoms with Crippen molar-refractivity contribution < 1.29 is 0 Å². The Bertz CT molecular complexity index is 476. The summed E-state index contributed by atoms with van der Waals surface area (Å²) in [6.07, 6.45) is 4.00. The summed E-state index contributed by atoms with van der Waals surface area (Å²) >= 11 is 3.43. The Labute approximate surface area is 110 Å². The molecule has 0 amide bonds. The molecule has 90 valence electrons. The molecular formula is C13H16BrN3. The number of rotatable bonds is 4. The van der Waals surface area contributed by atoms with Crippen molar-refractivity contribution in [1.82, 2.24) is 15.1 Å². The molecule has 0 spiro atoms. The highest BCUT2D eigenvalue weighted by Crippen LogP contribution is 2.13. The van der Waals surface area contributed by atoms with Gasteiger partial charge in [0.05, 0.1) is 12.7 Å². The molecule has 1 aromatic carbocycles. The molecule has 0 aliphatic carbocycles. The minimum Gasteiger partial charge on any atom is -0.313 e. The van der Waals surface area contributed by atoms with Gasteiger partial charge in [-0.2, -0.15) is 5.10 Å². The fourth-order valence-corrected chi connectivity index (χ4v) is 1.90. The summed E-state index contributed by atoms with van der Waals surface area (Å²) in [4.78, 5) is 0. The summed E-state index contributed by atoms with van der Waals surface area (Å²) in [5.41, 5.74) is 2.46. The van der Waals surface area contributed by atoms with E-state index in [1.165, 1.54) is 11.1 Å². The zero-order valence-electron chi connectivity index (χ0n) is 10.0. The summed E-state index contributed by atoms with van der Waals surface area (Å²) in [6, 6.07) is 8.65. The molecule has 0 aliphatic heterocycles. The highest BCUT2D eigenvalue weighted by molar-refractivity contribution is 9.10. The Hall–Kier alpha value is -1.13. The minimum absolute atomic E-state index is 0.341. The molecule has 0 bridgehead atoms. The number of hydrogen-bond donors (Lipinski definition) is 1. The van der Waals surface area contributed by atoms with Crippen molar-refractivity contribution in [3.63, 3.8) is 0 Å². The van der Waals surface area contributed by atoms with Crippen LogP contribution in [0, 0.1) is 0 Å². The summed E-state index contributed by atoms with van der Waals surface area (Å²) in [6.45, 7) is 2.94. The van der Waals surface area contributed by atoms with E-state index in [9.17, 15) is 0 Å². The van der Waals surface area contributed by atoms with Crippen LogP contribution in [0.5, 0.6) is 0 Å². The fraction of sp³-hybridized carbons (Fsp3) is 0.308. The predicted octanol–water partition coefficient (Wildman–Crippen LogP) is 2.97. The van der Waals surface area contributed by atoms with Crippen LogP contribution in [0.3, 0.4) is 0 Å². The quantitative estimate of drug-likeness (QED) is 0.939. The van der Waals surface area contributed by atoms with Crippen LogP contribution in [-0.2, 0) is 6.54 Å². The van der Waals surface area contributed by atoms with Gasteiger partial charge in [0.15, 0.2) is 0 Å². The van der Waals surface area contributed by atoms with Gasteiger partial charge < -0.3 is 5.32 Å². The molecule has 1 aromatic heterocycles. The molecule has 4 heteroatoms. The summed E-state index contributed by atoms with van der Waals surface area (Å²) in [5, 5.41) is 7.57. The van der Waals surface area contributed by atoms with Gasteiger partial charge in [0.1, 0.15) is 0 Å². The van der Waals surface area contributed by atoms with E-state index in [2.05, 4.69) is 63.7 Å². The van der Waals surface area contributed by atoms with Gasteiger partial charge in [-0.15, -0.1) is 0 Å². The van der Waals surface area contributed by atoms with Crippen LogP contribution in [0.4, 0.5) is 0 Å². The van der Waals surface area contributed by atoms with Crippen LogP contribution in [0.1, 0.15) is 24.1 Å². The first-order chi connectivity index (χ1) is 8.19. The summed E-state index contributed by atoms with van der Waals surface area (Å²) in [7, 11) is 1.96. The first-order valence-corrected chi connectivity index (χ1v) is 6.42. The number of hydrogen-bond acceptors (Lipinski definition) is 2. The van der Waals surface area contributed by atoms with Crippen LogP contribution in [0.15, 0.2) is 41.1 Å². The van der Waals surface area contributed by atoms with Crippen molar-refractivity contribution in [2.75, 3.05) is 7.05 Å². The smallest absolute Gasteiger partial charge is 0.0659 e. The third kappa shape index (κ3) is 3.17. The lowest BCUT2D eigenvalue weighted by Crippen LogP contribution is -2.11. The van der Waals surface area contributed by atoms with Crippen molar-refractivity contribution in [1.29, 1.82) is 0 Å². The lowest BCUT2D eigenvalue weighted by Gasteiger charge is -2.06. The van der Waals surface area contributed by atoms with Crippen molar-refractivity contribution in [2.45, 2.75) is 19.5 Å². The van der Waals surface area contributed by atoms with E-state index in [-0.39, 0.29) is 0 Å². The average Bonchev–Trinajstić information content (AvgIpc) is 2.80. The second kappa shape index (κ2) is 5.47. The van der Waals surface area contributed by atoms with Gasteiger partial charge in [0.25, 0.3) is 0 Å². The van der Waals surface area contributed by atoms with Crippen LogP contribution in [0.2, 0.25) is 0 Å². The molecule has 3 nitrogen and oxygen atoms in total. The van der Waals surface area contributed by atoms with E-state index in [1.807, 2.05) is 17.9 Å². The molecule has 1 atom stereocenters. The van der Waals surface area contributed by atoms with E-state index in [0.29, 0.717) is 6.04 Å². The van der Waals surface area contributed by atoms with Gasteiger partial charge in [0.2, 0.25) is 0 Å². The Morgan fingerprint density at radius 1 is 1.35 bits per heavy atom. The average molecular weight is 294 g/mol. The summed E-state index contributed by atoms with van der Waals surface area (Å²) < 4.78 is 3.07. The lowest BCUT2D eigenvalue weighted by molar-refractivity contribution is 0.646. The largest absolute Gasteiger partial charge is 0.313 e. The molecule has 2 aromatic rings. The molecule has 17 heavy (non-hydrogen) atoms. The van der Waals surface area contributed by atoms with Crippen molar-refractivity contribution >= 4 is 15.9 Å². The maximum Gasteiger partial charge on any atom is 0.0659 e.